The van der Waals surface area contributed by atoms with Gasteiger partial charge in [-0.05, 0) is 5.41 Å². The Morgan fingerprint density at radius 1 is 1.32 bits per heavy atom. The molecule has 4 heterocycles. The van der Waals surface area contributed by atoms with Crippen LogP contribution in [0.1, 0.15) is 37.2 Å². The van der Waals surface area contributed by atoms with Gasteiger partial charge in [0.1, 0.15) is 22.6 Å². The predicted molar refractivity (Wildman–Crippen MR) is 105 cm³/mol. The summed E-state index contributed by atoms with van der Waals surface area (Å²) in [6, 6.07) is 1.23. The molecule has 8 nitrogen and oxygen atoms in total. The first-order valence-corrected chi connectivity index (χ1v) is 9.20. The molecule has 0 radical (unpaired) electrons. The molecule has 146 valence electrons. The summed E-state index contributed by atoms with van der Waals surface area (Å²) >= 11 is 6.67. The first-order valence-electron chi connectivity index (χ1n) is 8.82. The fraction of sp³-hybridized carbons (Fsp3) is 0.368. The van der Waals surface area contributed by atoms with Gasteiger partial charge in [0.2, 0.25) is 0 Å². The van der Waals surface area contributed by atoms with E-state index < -0.39 is 11.4 Å². The molecule has 0 saturated carbocycles. The van der Waals surface area contributed by atoms with Crippen molar-refractivity contribution in [3.63, 3.8) is 0 Å². The van der Waals surface area contributed by atoms with Gasteiger partial charge in [0.05, 0.1) is 29.6 Å². The normalized spacial score (nSPS) is 16.0. The largest absolute Gasteiger partial charge is 0.477 e. The van der Waals surface area contributed by atoms with Gasteiger partial charge in [-0.1, -0.05) is 32.4 Å². The van der Waals surface area contributed by atoms with Crippen molar-refractivity contribution >= 4 is 17.6 Å². The molecule has 9 heteroatoms. The van der Waals surface area contributed by atoms with Gasteiger partial charge in [-0.15, -0.1) is 0 Å². The molecule has 0 bridgehead atoms. The van der Waals surface area contributed by atoms with Gasteiger partial charge in [0.25, 0.3) is 0 Å². The molecule has 3 aromatic rings. The molecule has 1 N–H and O–H groups in total. The van der Waals surface area contributed by atoms with Crippen molar-refractivity contribution in [3.8, 4) is 22.8 Å². The van der Waals surface area contributed by atoms with Crippen molar-refractivity contribution < 1.29 is 9.90 Å². The molecule has 3 aromatic heterocycles. The molecule has 0 fully saturated rings. The lowest BCUT2D eigenvalue weighted by atomic mass is 9.85. The quantitative estimate of drug-likeness (QED) is 0.712. The van der Waals surface area contributed by atoms with Crippen molar-refractivity contribution in [1.29, 1.82) is 0 Å². The number of carbonyl (C=O) groups is 1. The van der Waals surface area contributed by atoms with E-state index in [-0.39, 0.29) is 17.0 Å². The van der Waals surface area contributed by atoms with Crippen molar-refractivity contribution in [2.24, 2.45) is 12.5 Å². The van der Waals surface area contributed by atoms with Crippen LogP contribution in [0.5, 0.6) is 0 Å². The van der Waals surface area contributed by atoms with Crippen LogP contribution in [0, 0.1) is 5.41 Å². The summed E-state index contributed by atoms with van der Waals surface area (Å²) in [6.07, 6.45) is 4.91. The van der Waals surface area contributed by atoms with Crippen LogP contribution >= 0.6 is 11.6 Å². The number of fused-ring (bicyclic) bond motifs is 3. The average molecular weight is 402 g/mol. The molecule has 0 amide bonds. The number of carboxylic acids is 1. The number of aromatic carboxylic acids is 1. The summed E-state index contributed by atoms with van der Waals surface area (Å²) in [6.45, 7) is 6.70. The van der Waals surface area contributed by atoms with Crippen molar-refractivity contribution in [2.45, 2.75) is 33.4 Å². The van der Waals surface area contributed by atoms with E-state index in [0.29, 0.717) is 34.3 Å². The Hall–Kier alpha value is -2.87. The van der Waals surface area contributed by atoms with Crippen LogP contribution in [0.25, 0.3) is 22.8 Å². The van der Waals surface area contributed by atoms with E-state index in [2.05, 4.69) is 30.9 Å². The highest BCUT2D eigenvalue weighted by Crippen LogP contribution is 2.44. The Kier molecular flexibility index (Phi) is 4.01. The van der Waals surface area contributed by atoms with Gasteiger partial charge < -0.3 is 14.2 Å². The second kappa shape index (κ2) is 6.07. The number of carboxylic acid groups (broad SMARTS) is 1. The van der Waals surface area contributed by atoms with Crippen molar-refractivity contribution in [1.82, 2.24) is 23.9 Å². The number of rotatable bonds is 2. The Morgan fingerprint density at radius 2 is 2.04 bits per heavy atom. The molecule has 28 heavy (non-hydrogen) atoms. The topological polar surface area (TPSA) is 94.9 Å². The number of hydrogen-bond acceptors (Lipinski definition) is 4. The molecule has 1 atom stereocenters. The van der Waals surface area contributed by atoms with E-state index in [4.69, 9.17) is 11.6 Å². The van der Waals surface area contributed by atoms with Crippen LogP contribution in [-0.4, -0.2) is 35.0 Å². The summed E-state index contributed by atoms with van der Waals surface area (Å²) in [5, 5.41) is 14.4. The molecule has 0 aliphatic carbocycles. The summed E-state index contributed by atoms with van der Waals surface area (Å²) in [4.78, 5) is 28.2. The highest BCUT2D eigenvalue weighted by Gasteiger charge is 2.36. The van der Waals surface area contributed by atoms with Gasteiger partial charge in [0, 0.05) is 25.5 Å². The highest BCUT2D eigenvalue weighted by molar-refractivity contribution is 6.35. The Morgan fingerprint density at radius 3 is 2.61 bits per heavy atom. The Bertz CT molecular complexity index is 1170. The third-order valence-electron chi connectivity index (χ3n) is 5.08. The minimum atomic E-state index is -1.24. The van der Waals surface area contributed by atoms with Crippen LogP contribution in [0.15, 0.2) is 29.6 Å². The van der Waals surface area contributed by atoms with E-state index in [1.807, 2.05) is 17.8 Å². The maximum atomic E-state index is 12.4. The standard InChI is InChI=1S/C19H20ClN5O3/c1-19(2,3)14-8-25-17(12-5-13(26)10(18(27)28)6-24(12)14)15(20)16(22-25)11-7-23(4)9-21-11/h5-7,9,14H,8H2,1-4H3,(H,27,28)/t14-/m0/s1. The van der Waals surface area contributed by atoms with E-state index in [9.17, 15) is 14.7 Å². The van der Waals surface area contributed by atoms with Crippen LogP contribution in [0.2, 0.25) is 5.02 Å². The molecule has 0 saturated heterocycles. The first kappa shape index (κ1) is 18.5. The maximum absolute atomic E-state index is 12.4. The zero-order valence-corrected chi connectivity index (χ0v) is 16.7. The van der Waals surface area contributed by atoms with Crippen LogP contribution in [0.3, 0.4) is 0 Å². The van der Waals surface area contributed by atoms with Gasteiger partial charge in [-0.2, -0.15) is 5.10 Å². The van der Waals surface area contributed by atoms with E-state index >= 15 is 0 Å². The molecule has 1 aliphatic rings. The SMILES string of the molecule is Cn1cnc(-c2nn3c(c2Cl)-c2cc(=O)c(C(=O)O)cn2[C@H](C(C)(C)C)C3)c1. The van der Waals surface area contributed by atoms with Crippen LogP contribution in [0.4, 0.5) is 0 Å². The molecule has 0 unspecified atom stereocenters. The number of imidazole rings is 1. The van der Waals surface area contributed by atoms with Gasteiger partial charge >= 0.3 is 5.97 Å². The molecular weight excluding hydrogens is 382 g/mol. The van der Waals surface area contributed by atoms with Crippen LogP contribution < -0.4 is 5.43 Å². The zero-order chi connectivity index (χ0) is 20.4. The fourth-order valence-corrected chi connectivity index (χ4v) is 3.95. The lowest BCUT2D eigenvalue weighted by molar-refractivity contribution is 0.0693. The molecular formula is C19H20ClN5O3. The second-order valence-corrected chi connectivity index (χ2v) is 8.53. The Balaban J connectivity index is 2.00. The molecule has 4 rings (SSSR count). The summed E-state index contributed by atoms with van der Waals surface area (Å²) in [7, 11) is 1.86. The Labute approximate surface area is 166 Å². The number of aromatic nitrogens is 5. The summed E-state index contributed by atoms with van der Waals surface area (Å²) < 4.78 is 5.44. The van der Waals surface area contributed by atoms with Crippen molar-refractivity contribution in [3.05, 3.63) is 45.6 Å². The second-order valence-electron chi connectivity index (χ2n) is 8.15. The van der Waals surface area contributed by atoms with Gasteiger partial charge in [0.15, 0.2) is 5.43 Å². The van der Waals surface area contributed by atoms with E-state index in [0.717, 1.165) is 0 Å². The predicted octanol–water partition coefficient (Wildman–Crippen LogP) is 3.06. The average Bonchev–Trinajstić information content (AvgIpc) is 3.16. The summed E-state index contributed by atoms with van der Waals surface area (Å²) in [5.74, 6) is -1.24. The van der Waals surface area contributed by atoms with Gasteiger partial charge in [-0.25, -0.2) is 9.78 Å². The zero-order valence-electron chi connectivity index (χ0n) is 16.0. The van der Waals surface area contributed by atoms with Crippen molar-refractivity contribution in [2.75, 3.05) is 0 Å². The van der Waals surface area contributed by atoms with E-state index in [1.54, 1.807) is 15.6 Å². The third kappa shape index (κ3) is 2.75. The monoisotopic (exact) mass is 401 g/mol. The molecule has 1 aliphatic heterocycles. The smallest absolute Gasteiger partial charge is 0.341 e. The minimum absolute atomic E-state index is 0.110. The number of hydrogen-bond donors (Lipinski definition) is 1. The first-order chi connectivity index (χ1) is 13.1. The van der Waals surface area contributed by atoms with E-state index in [1.165, 1.54) is 12.3 Å². The molecule has 0 aromatic carbocycles. The summed E-state index contributed by atoms with van der Waals surface area (Å²) in [5.41, 5.74) is 1.30. The van der Waals surface area contributed by atoms with Gasteiger partial charge in [-0.3, -0.25) is 9.48 Å². The van der Waals surface area contributed by atoms with Crippen LogP contribution in [-0.2, 0) is 13.6 Å². The minimum Gasteiger partial charge on any atom is -0.477 e. The maximum Gasteiger partial charge on any atom is 0.341 e. The highest BCUT2D eigenvalue weighted by atomic mass is 35.5. The fourth-order valence-electron chi connectivity index (χ4n) is 3.62. The number of nitrogens with zero attached hydrogens (tertiary/aromatic N) is 5. The number of aryl methyl sites for hydroxylation is 1. The number of halogens is 1. The lowest BCUT2D eigenvalue weighted by Crippen LogP contribution is -2.35. The third-order valence-corrected chi connectivity index (χ3v) is 5.43. The molecule has 0 spiro atoms. The number of pyridine rings is 1. The lowest BCUT2D eigenvalue weighted by Gasteiger charge is -2.38.